The van der Waals surface area contributed by atoms with Crippen LogP contribution >= 0.6 is 22.6 Å². The summed E-state index contributed by atoms with van der Waals surface area (Å²) in [6.07, 6.45) is 5.79. The first-order valence-corrected chi connectivity index (χ1v) is 8.12. The molecule has 0 aliphatic rings. The molecule has 0 radical (unpaired) electrons. The molecule has 2 unspecified atom stereocenters. The standard InChI is InChI=1S/C16H23IO2/c1-3-4-5-6-7-12(2)15(16(18)19)13-8-10-14(17)11-9-13/h8-12,15H,3-7H2,1-2H3,(H,18,19). The molecule has 0 fully saturated rings. The first kappa shape index (κ1) is 16.5. The van der Waals surface area contributed by atoms with Gasteiger partial charge in [0.15, 0.2) is 0 Å². The van der Waals surface area contributed by atoms with Crippen LogP contribution in [-0.4, -0.2) is 11.1 Å². The summed E-state index contributed by atoms with van der Waals surface area (Å²) < 4.78 is 1.14. The molecule has 0 saturated carbocycles. The number of unbranched alkanes of at least 4 members (excludes halogenated alkanes) is 3. The monoisotopic (exact) mass is 374 g/mol. The number of carbonyl (C=O) groups is 1. The number of hydrogen-bond donors (Lipinski definition) is 1. The lowest BCUT2D eigenvalue weighted by atomic mass is 9.84. The Labute approximate surface area is 129 Å². The molecule has 0 spiro atoms. The first-order valence-electron chi connectivity index (χ1n) is 7.04. The molecule has 19 heavy (non-hydrogen) atoms. The van der Waals surface area contributed by atoms with Crippen LogP contribution in [0.5, 0.6) is 0 Å². The van der Waals surface area contributed by atoms with Gasteiger partial charge in [-0.15, -0.1) is 0 Å². The van der Waals surface area contributed by atoms with E-state index >= 15 is 0 Å². The van der Waals surface area contributed by atoms with E-state index in [0.29, 0.717) is 0 Å². The van der Waals surface area contributed by atoms with Crippen molar-refractivity contribution < 1.29 is 9.90 Å². The van der Waals surface area contributed by atoms with Gasteiger partial charge in [-0.25, -0.2) is 0 Å². The van der Waals surface area contributed by atoms with E-state index in [-0.39, 0.29) is 11.8 Å². The highest BCUT2D eigenvalue weighted by molar-refractivity contribution is 14.1. The van der Waals surface area contributed by atoms with Crippen molar-refractivity contribution in [3.63, 3.8) is 0 Å². The molecule has 1 aromatic rings. The number of aliphatic carboxylic acids is 1. The molecule has 0 aliphatic carbocycles. The summed E-state index contributed by atoms with van der Waals surface area (Å²) in [5, 5.41) is 9.47. The second kappa shape index (κ2) is 8.56. The zero-order valence-corrected chi connectivity index (χ0v) is 13.9. The third-order valence-electron chi connectivity index (χ3n) is 3.58. The molecule has 0 bridgehead atoms. The minimum Gasteiger partial charge on any atom is -0.481 e. The third-order valence-corrected chi connectivity index (χ3v) is 4.30. The van der Waals surface area contributed by atoms with E-state index < -0.39 is 5.97 Å². The summed E-state index contributed by atoms with van der Waals surface area (Å²) in [6.45, 7) is 4.25. The lowest BCUT2D eigenvalue weighted by molar-refractivity contribution is -0.140. The molecular weight excluding hydrogens is 351 g/mol. The van der Waals surface area contributed by atoms with Crippen molar-refractivity contribution in [2.45, 2.75) is 51.9 Å². The first-order chi connectivity index (χ1) is 9.06. The second-order valence-corrected chi connectivity index (χ2v) is 6.44. The molecule has 3 heteroatoms. The Morgan fingerprint density at radius 3 is 2.37 bits per heavy atom. The lowest BCUT2D eigenvalue weighted by Crippen LogP contribution is -2.19. The summed E-state index contributed by atoms with van der Waals surface area (Å²) in [6, 6.07) is 7.86. The molecule has 0 heterocycles. The van der Waals surface area contributed by atoms with Gasteiger partial charge < -0.3 is 5.11 Å². The van der Waals surface area contributed by atoms with Crippen LogP contribution < -0.4 is 0 Å². The number of benzene rings is 1. The van der Waals surface area contributed by atoms with E-state index in [4.69, 9.17) is 0 Å². The fourth-order valence-electron chi connectivity index (χ4n) is 2.44. The van der Waals surface area contributed by atoms with Crippen molar-refractivity contribution in [3.8, 4) is 0 Å². The Morgan fingerprint density at radius 2 is 1.84 bits per heavy atom. The van der Waals surface area contributed by atoms with Crippen LogP contribution in [0.3, 0.4) is 0 Å². The Balaban J connectivity index is 2.66. The van der Waals surface area contributed by atoms with Crippen LogP contribution in [0.1, 0.15) is 57.4 Å². The highest BCUT2D eigenvalue weighted by Crippen LogP contribution is 2.29. The van der Waals surface area contributed by atoms with Crippen molar-refractivity contribution in [1.29, 1.82) is 0 Å². The topological polar surface area (TPSA) is 37.3 Å². The summed E-state index contributed by atoms with van der Waals surface area (Å²) in [4.78, 5) is 11.5. The molecule has 0 amide bonds. The van der Waals surface area contributed by atoms with Gasteiger partial charge in [0.25, 0.3) is 0 Å². The van der Waals surface area contributed by atoms with Gasteiger partial charge in [0, 0.05) is 3.57 Å². The molecule has 0 aromatic heterocycles. The maximum absolute atomic E-state index is 11.5. The van der Waals surface area contributed by atoms with E-state index in [0.717, 1.165) is 22.0 Å². The highest BCUT2D eigenvalue weighted by atomic mass is 127. The summed E-state index contributed by atoms with van der Waals surface area (Å²) in [7, 11) is 0. The molecule has 1 N–H and O–H groups in total. The van der Waals surface area contributed by atoms with Gasteiger partial charge in [-0.2, -0.15) is 0 Å². The Bertz CT molecular complexity index is 386. The van der Waals surface area contributed by atoms with Crippen LogP contribution in [0.25, 0.3) is 0 Å². The molecule has 0 aliphatic heterocycles. The average molecular weight is 374 g/mol. The minimum atomic E-state index is -0.704. The normalized spacial score (nSPS) is 14.1. The highest BCUT2D eigenvalue weighted by Gasteiger charge is 2.25. The predicted octanol–water partition coefficient (Wildman–Crippen LogP) is 5.07. The van der Waals surface area contributed by atoms with Crippen molar-refractivity contribution in [1.82, 2.24) is 0 Å². The lowest BCUT2D eigenvalue weighted by Gasteiger charge is -2.20. The van der Waals surface area contributed by atoms with E-state index in [1.165, 1.54) is 19.3 Å². The predicted molar refractivity (Wildman–Crippen MR) is 87.5 cm³/mol. The van der Waals surface area contributed by atoms with E-state index in [1.54, 1.807) is 0 Å². The van der Waals surface area contributed by atoms with Crippen LogP contribution in [-0.2, 0) is 4.79 Å². The molecule has 1 aromatic carbocycles. The quantitative estimate of drug-likeness (QED) is 0.510. The van der Waals surface area contributed by atoms with Crippen LogP contribution in [0, 0.1) is 9.49 Å². The molecular formula is C16H23IO2. The zero-order chi connectivity index (χ0) is 14.3. The largest absolute Gasteiger partial charge is 0.481 e. The van der Waals surface area contributed by atoms with Crippen LogP contribution in [0.15, 0.2) is 24.3 Å². The SMILES string of the molecule is CCCCCCC(C)C(C(=O)O)c1ccc(I)cc1. The van der Waals surface area contributed by atoms with Crippen LogP contribution in [0.4, 0.5) is 0 Å². The summed E-state index contributed by atoms with van der Waals surface area (Å²) in [5.41, 5.74) is 0.927. The Morgan fingerprint density at radius 1 is 1.21 bits per heavy atom. The number of carboxylic acid groups (broad SMARTS) is 1. The number of carboxylic acids is 1. The van der Waals surface area contributed by atoms with Crippen molar-refractivity contribution in [3.05, 3.63) is 33.4 Å². The summed E-state index contributed by atoms with van der Waals surface area (Å²) in [5.74, 6) is -0.891. The molecule has 0 saturated heterocycles. The van der Waals surface area contributed by atoms with Gasteiger partial charge in [-0.3, -0.25) is 4.79 Å². The molecule has 2 atom stereocenters. The maximum Gasteiger partial charge on any atom is 0.311 e. The van der Waals surface area contributed by atoms with Gasteiger partial charge in [0.2, 0.25) is 0 Å². The number of halogens is 1. The van der Waals surface area contributed by atoms with Gasteiger partial charge in [0.05, 0.1) is 5.92 Å². The zero-order valence-electron chi connectivity index (χ0n) is 11.7. The average Bonchev–Trinajstić information content (AvgIpc) is 2.37. The Kier molecular flexibility index (Phi) is 7.42. The molecule has 1 rings (SSSR count). The fraction of sp³-hybridized carbons (Fsp3) is 0.562. The maximum atomic E-state index is 11.5. The van der Waals surface area contributed by atoms with Gasteiger partial charge in [-0.1, -0.05) is 51.7 Å². The van der Waals surface area contributed by atoms with E-state index in [9.17, 15) is 9.90 Å². The molecule has 106 valence electrons. The minimum absolute atomic E-state index is 0.189. The van der Waals surface area contributed by atoms with Crippen molar-refractivity contribution in [2.24, 2.45) is 5.92 Å². The van der Waals surface area contributed by atoms with Gasteiger partial charge in [-0.05, 0) is 52.6 Å². The third kappa shape index (κ3) is 5.51. The van der Waals surface area contributed by atoms with E-state index in [1.807, 2.05) is 24.3 Å². The molecule has 2 nitrogen and oxygen atoms in total. The van der Waals surface area contributed by atoms with Gasteiger partial charge >= 0.3 is 5.97 Å². The van der Waals surface area contributed by atoms with E-state index in [2.05, 4.69) is 36.4 Å². The van der Waals surface area contributed by atoms with Gasteiger partial charge in [0.1, 0.15) is 0 Å². The Hall–Kier alpha value is -0.580. The fourth-order valence-corrected chi connectivity index (χ4v) is 2.80. The number of hydrogen-bond acceptors (Lipinski definition) is 1. The summed E-state index contributed by atoms with van der Waals surface area (Å²) >= 11 is 2.24. The smallest absolute Gasteiger partial charge is 0.311 e. The van der Waals surface area contributed by atoms with Crippen molar-refractivity contribution >= 4 is 28.6 Å². The second-order valence-electron chi connectivity index (χ2n) is 5.19. The number of rotatable bonds is 8. The van der Waals surface area contributed by atoms with Crippen LogP contribution in [0.2, 0.25) is 0 Å². The van der Waals surface area contributed by atoms with Crippen molar-refractivity contribution in [2.75, 3.05) is 0 Å².